The number of ether oxygens (including phenoxy) is 1. The second-order valence-electron chi connectivity index (χ2n) is 5.92. The largest absolute Gasteiger partial charge is 0.444 e. The van der Waals surface area contributed by atoms with Crippen molar-refractivity contribution in [3.8, 4) is 10.6 Å². The maximum atomic E-state index is 12.6. The summed E-state index contributed by atoms with van der Waals surface area (Å²) in [6.45, 7) is 7.12. The number of anilines is 1. The zero-order chi connectivity index (χ0) is 17.2. The summed E-state index contributed by atoms with van der Waals surface area (Å²) in [6.07, 6.45) is -3.28. The third-order valence-electron chi connectivity index (χ3n) is 2.76. The molecule has 0 aliphatic heterocycles. The van der Waals surface area contributed by atoms with Crippen molar-refractivity contribution in [2.24, 2.45) is 0 Å². The lowest BCUT2D eigenvalue weighted by atomic mass is 10.1. The number of carbonyl (C=O) groups is 1. The van der Waals surface area contributed by atoms with Crippen molar-refractivity contribution in [3.63, 3.8) is 0 Å². The van der Waals surface area contributed by atoms with Crippen molar-refractivity contribution in [2.45, 2.75) is 39.7 Å². The van der Waals surface area contributed by atoms with Crippen molar-refractivity contribution in [3.05, 3.63) is 29.6 Å². The molecule has 0 aliphatic rings. The first kappa shape index (κ1) is 17.3. The molecule has 2 rings (SSSR count). The lowest BCUT2D eigenvalue weighted by Crippen LogP contribution is -2.27. The molecule has 2 aromatic rings. The average Bonchev–Trinajstić information content (AvgIpc) is 2.89. The van der Waals surface area contributed by atoms with Crippen LogP contribution in [0.4, 0.5) is 19.3 Å². The lowest BCUT2D eigenvalue weighted by molar-refractivity contribution is 0.0636. The highest BCUT2D eigenvalue weighted by Crippen LogP contribution is 2.29. The number of hydrogen-bond donors (Lipinski definition) is 1. The van der Waals surface area contributed by atoms with Gasteiger partial charge in [-0.25, -0.2) is 18.6 Å². The summed E-state index contributed by atoms with van der Waals surface area (Å²) in [7, 11) is 0. The van der Waals surface area contributed by atoms with Crippen LogP contribution < -0.4 is 5.32 Å². The molecule has 8 heteroatoms. The Labute approximate surface area is 136 Å². The van der Waals surface area contributed by atoms with E-state index in [-0.39, 0.29) is 0 Å². The number of rotatable bonds is 3. The fraction of sp³-hybridized carbons (Fsp3) is 0.400. The quantitative estimate of drug-likeness (QED) is 0.871. The molecule has 1 aromatic carbocycles. The van der Waals surface area contributed by atoms with Gasteiger partial charge in [0.05, 0.1) is 0 Å². The minimum Gasteiger partial charge on any atom is -0.444 e. The van der Waals surface area contributed by atoms with E-state index in [1.807, 2.05) is 6.92 Å². The minimum atomic E-state index is -2.70. The van der Waals surface area contributed by atoms with E-state index >= 15 is 0 Å². The van der Waals surface area contributed by atoms with Gasteiger partial charge in [0, 0.05) is 11.3 Å². The molecule has 0 atom stereocenters. The summed E-state index contributed by atoms with van der Waals surface area (Å²) in [5.74, 6) is -0.493. The molecule has 0 saturated heterocycles. The van der Waals surface area contributed by atoms with Gasteiger partial charge in [0.15, 0.2) is 0 Å². The molecule has 0 saturated carbocycles. The molecule has 0 radical (unpaired) electrons. The van der Waals surface area contributed by atoms with E-state index < -0.39 is 23.9 Å². The van der Waals surface area contributed by atoms with Gasteiger partial charge in [0.25, 0.3) is 6.43 Å². The number of alkyl halides is 2. The van der Waals surface area contributed by atoms with E-state index in [1.165, 1.54) is 0 Å². The van der Waals surface area contributed by atoms with Crippen LogP contribution in [0.1, 0.15) is 38.6 Å². The van der Waals surface area contributed by atoms with E-state index in [2.05, 4.69) is 14.7 Å². The molecular formula is C15H17F2N3O2S. The van der Waals surface area contributed by atoms with Crippen LogP contribution in [-0.4, -0.2) is 21.1 Å². The van der Waals surface area contributed by atoms with Gasteiger partial charge in [-0.3, -0.25) is 5.32 Å². The molecule has 1 N–H and O–H groups in total. The minimum absolute atomic E-state index is 0.368. The lowest BCUT2D eigenvalue weighted by Gasteiger charge is -2.20. The molecule has 23 heavy (non-hydrogen) atoms. The second-order valence-corrected chi connectivity index (χ2v) is 6.67. The number of aromatic nitrogens is 2. The molecule has 0 fully saturated rings. The third kappa shape index (κ3) is 4.69. The van der Waals surface area contributed by atoms with Gasteiger partial charge in [-0.2, -0.15) is 4.37 Å². The molecule has 124 valence electrons. The van der Waals surface area contributed by atoms with Gasteiger partial charge in [-0.15, -0.1) is 0 Å². The summed E-state index contributed by atoms with van der Waals surface area (Å²) in [6, 6.07) is 5.17. The zero-order valence-electron chi connectivity index (χ0n) is 13.2. The van der Waals surface area contributed by atoms with Crippen LogP contribution in [0.15, 0.2) is 18.2 Å². The average molecular weight is 341 g/mol. The maximum absolute atomic E-state index is 12.6. The summed E-state index contributed by atoms with van der Waals surface area (Å²) < 4.78 is 34.0. The second kappa shape index (κ2) is 6.57. The Hall–Kier alpha value is -2.09. The topological polar surface area (TPSA) is 64.1 Å². The Morgan fingerprint density at radius 1 is 1.35 bits per heavy atom. The molecule has 0 aliphatic carbocycles. The monoisotopic (exact) mass is 341 g/mol. The van der Waals surface area contributed by atoms with Crippen LogP contribution in [0, 0.1) is 6.92 Å². The molecule has 0 spiro atoms. The smallest absolute Gasteiger partial charge is 0.412 e. The van der Waals surface area contributed by atoms with Crippen molar-refractivity contribution < 1.29 is 18.3 Å². The summed E-state index contributed by atoms with van der Waals surface area (Å²) in [4.78, 5) is 15.7. The summed E-state index contributed by atoms with van der Waals surface area (Å²) in [5, 5.41) is 3.02. The fourth-order valence-corrected chi connectivity index (χ4v) is 2.41. The first-order chi connectivity index (χ1) is 10.7. The molecule has 0 bridgehead atoms. The predicted octanol–water partition coefficient (Wildman–Crippen LogP) is 4.80. The van der Waals surface area contributed by atoms with Gasteiger partial charge >= 0.3 is 6.09 Å². The van der Waals surface area contributed by atoms with Gasteiger partial charge in [0.2, 0.25) is 5.82 Å². The Balaban J connectivity index is 2.23. The first-order valence-corrected chi connectivity index (χ1v) is 7.66. The standard InChI is InChI=1S/C15H17F2N3O2S/c1-8-5-6-9(13-19-12(11(16)17)20-23-13)7-10(8)18-14(21)22-15(2,3)4/h5-7,11H,1-4H3,(H,18,21). The fourth-order valence-electron chi connectivity index (χ4n) is 1.74. The first-order valence-electron chi connectivity index (χ1n) is 6.88. The van der Waals surface area contributed by atoms with Crippen molar-refractivity contribution in [1.29, 1.82) is 0 Å². The number of aryl methyl sites for hydroxylation is 1. The van der Waals surface area contributed by atoms with Gasteiger partial charge in [0.1, 0.15) is 10.6 Å². The highest BCUT2D eigenvalue weighted by molar-refractivity contribution is 7.09. The molecule has 1 heterocycles. The zero-order valence-corrected chi connectivity index (χ0v) is 14.0. The summed E-state index contributed by atoms with van der Waals surface area (Å²) >= 11 is 0.889. The molecule has 5 nitrogen and oxygen atoms in total. The Morgan fingerprint density at radius 3 is 2.61 bits per heavy atom. The molecule has 1 amide bonds. The predicted molar refractivity (Wildman–Crippen MR) is 84.9 cm³/mol. The molecular weight excluding hydrogens is 324 g/mol. The molecule has 0 unspecified atom stereocenters. The van der Waals surface area contributed by atoms with E-state index in [4.69, 9.17) is 4.74 Å². The van der Waals surface area contributed by atoms with E-state index in [0.29, 0.717) is 16.3 Å². The SMILES string of the molecule is Cc1ccc(-c2nc(C(F)F)ns2)cc1NC(=O)OC(C)(C)C. The van der Waals surface area contributed by atoms with Gasteiger partial charge in [-0.1, -0.05) is 12.1 Å². The van der Waals surface area contributed by atoms with Gasteiger partial charge in [-0.05, 0) is 50.9 Å². The third-order valence-corrected chi connectivity index (χ3v) is 3.54. The highest BCUT2D eigenvalue weighted by Gasteiger charge is 2.18. The summed E-state index contributed by atoms with van der Waals surface area (Å²) in [5.41, 5.74) is 1.34. The van der Waals surface area contributed by atoms with Crippen LogP contribution in [-0.2, 0) is 4.74 Å². The van der Waals surface area contributed by atoms with Crippen LogP contribution in [0.5, 0.6) is 0 Å². The Bertz CT molecular complexity index is 711. The number of nitrogens with one attached hydrogen (secondary N) is 1. The number of benzene rings is 1. The van der Waals surface area contributed by atoms with Crippen molar-refractivity contribution in [1.82, 2.24) is 9.36 Å². The van der Waals surface area contributed by atoms with Crippen molar-refractivity contribution >= 4 is 23.3 Å². The number of hydrogen-bond acceptors (Lipinski definition) is 5. The van der Waals surface area contributed by atoms with Crippen LogP contribution in [0.3, 0.4) is 0 Å². The van der Waals surface area contributed by atoms with E-state index in [9.17, 15) is 13.6 Å². The highest BCUT2D eigenvalue weighted by atomic mass is 32.1. The van der Waals surface area contributed by atoms with E-state index in [1.54, 1.807) is 39.0 Å². The number of amides is 1. The van der Waals surface area contributed by atoms with E-state index in [0.717, 1.165) is 17.1 Å². The molecule has 1 aromatic heterocycles. The number of nitrogens with zero attached hydrogens (tertiary/aromatic N) is 2. The van der Waals surface area contributed by atoms with Crippen molar-refractivity contribution in [2.75, 3.05) is 5.32 Å². The normalized spacial score (nSPS) is 11.6. The Morgan fingerprint density at radius 2 is 2.04 bits per heavy atom. The van der Waals surface area contributed by atoms with Crippen LogP contribution in [0.2, 0.25) is 0 Å². The Kier molecular flexibility index (Phi) is 4.93. The number of carbonyl (C=O) groups excluding carboxylic acids is 1. The number of halogens is 2. The van der Waals surface area contributed by atoms with Crippen LogP contribution >= 0.6 is 11.5 Å². The van der Waals surface area contributed by atoms with Crippen LogP contribution in [0.25, 0.3) is 10.6 Å². The maximum Gasteiger partial charge on any atom is 0.412 e. The van der Waals surface area contributed by atoms with Gasteiger partial charge < -0.3 is 4.74 Å².